The molecule has 0 fully saturated rings. The van der Waals surface area contributed by atoms with Crippen LogP contribution in [0.5, 0.6) is 0 Å². The Bertz CT molecular complexity index is 178. The molecule has 0 amide bonds. The smallest absolute Gasteiger partial charge is 0.105 e. The predicted octanol–water partition coefficient (Wildman–Crippen LogP) is 3.36. The Morgan fingerprint density at radius 2 is 0.875 bits per heavy atom. The van der Waals surface area contributed by atoms with Crippen molar-refractivity contribution in [3.8, 4) is 0 Å². The Kier molecular flexibility index (Phi) is 50.4. The molecule has 24 heavy (non-hydrogen) atoms. The van der Waals surface area contributed by atoms with Crippen molar-refractivity contribution < 1.29 is 29.5 Å². The molecule has 0 heterocycles. The second-order valence-corrected chi connectivity index (χ2v) is 4.40. The third kappa shape index (κ3) is 24.0. The Morgan fingerprint density at radius 3 is 1.12 bits per heavy atom. The molecule has 0 aliphatic carbocycles. The van der Waals surface area contributed by atoms with E-state index in [0.717, 1.165) is 0 Å². The first-order valence-corrected chi connectivity index (χ1v) is 6.24. The van der Waals surface area contributed by atoms with Gasteiger partial charge in [0.2, 0.25) is 0 Å². The van der Waals surface area contributed by atoms with Gasteiger partial charge < -0.3 is 29.5 Å². The van der Waals surface area contributed by atoms with E-state index in [9.17, 15) is 0 Å². The van der Waals surface area contributed by atoms with Crippen molar-refractivity contribution in [2.75, 3.05) is 33.0 Å². The van der Waals surface area contributed by atoms with E-state index in [1.165, 1.54) is 0 Å². The van der Waals surface area contributed by atoms with E-state index in [1.807, 2.05) is 0 Å². The molecule has 158 valence electrons. The number of ether oxygens (including phenoxy) is 3. The largest absolute Gasteiger partial charge is 0.394 e. The second kappa shape index (κ2) is 27.6. The fourth-order valence-corrected chi connectivity index (χ4v) is 1.15. The summed E-state index contributed by atoms with van der Waals surface area (Å²) in [4.78, 5) is 0. The molecule has 3 N–H and O–H groups in total. The van der Waals surface area contributed by atoms with Crippen LogP contribution < -0.4 is 0 Å². The maximum atomic E-state index is 8.94. The van der Waals surface area contributed by atoms with Crippen molar-refractivity contribution in [2.24, 2.45) is 0 Å². The van der Waals surface area contributed by atoms with Gasteiger partial charge in [-0.2, -0.15) is 0 Å². The highest BCUT2D eigenvalue weighted by Gasteiger charge is 2.16. The highest BCUT2D eigenvalue weighted by atomic mass is 16.6. The van der Waals surface area contributed by atoms with Gasteiger partial charge in [0.25, 0.3) is 0 Å². The van der Waals surface area contributed by atoms with Gasteiger partial charge in [0, 0.05) is 0 Å². The lowest BCUT2D eigenvalue weighted by Crippen LogP contribution is -2.34. The van der Waals surface area contributed by atoms with Crippen LogP contribution in [0.15, 0.2) is 0 Å². The van der Waals surface area contributed by atoms with Crippen molar-refractivity contribution in [2.45, 2.75) is 89.7 Å². The fraction of sp³-hybridized carbons (Fsp3) is 1.00. The summed E-state index contributed by atoms with van der Waals surface area (Å²) >= 11 is 0. The van der Waals surface area contributed by atoms with Crippen LogP contribution in [-0.2, 0) is 14.2 Å². The van der Waals surface area contributed by atoms with Gasteiger partial charge in [-0.15, -0.1) is 0 Å². The van der Waals surface area contributed by atoms with Crippen LogP contribution in [0.4, 0.5) is 0 Å². The van der Waals surface area contributed by atoms with Crippen molar-refractivity contribution in [3.63, 3.8) is 0 Å². The molecule has 0 aliphatic heterocycles. The zero-order valence-electron chi connectivity index (χ0n) is 11.4. The summed E-state index contributed by atoms with van der Waals surface area (Å²) in [5.41, 5.74) is 0. The van der Waals surface area contributed by atoms with Crippen molar-refractivity contribution in [1.82, 2.24) is 0 Å². The van der Waals surface area contributed by atoms with Crippen LogP contribution in [0.2, 0.25) is 0 Å². The molecular weight excluding hydrogens is 312 g/mol. The molecule has 0 aromatic heterocycles. The Morgan fingerprint density at radius 1 is 0.583 bits per heavy atom. The molecule has 3 unspecified atom stereocenters. The van der Waals surface area contributed by atoms with E-state index in [-0.39, 0.29) is 102 Å². The van der Waals surface area contributed by atoms with Gasteiger partial charge in [0.05, 0.1) is 51.3 Å². The zero-order chi connectivity index (χ0) is 14.0. The molecule has 0 aromatic rings. The summed E-state index contributed by atoms with van der Waals surface area (Å²) in [6.45, 7) is 5.59. The molecular formula is C18H50O6. The molecule has 0 aliphatic rings. The molecule has 3 atom stereocenters. The first kappa shape index (κ1) is 43.8. The van der Waals surface area contributed by atoms with Crippen LogP contribution in [0, 0.1) is 0 Å². The standard InChI is InChI=1S/C12H26O6.6CH4/c1-9(4-13)16-7-12(18-11(3)6-15)8-17-10(2)5-14;;;;;;/h9-15H,4-8H2,1-3H3;6*1H4. The van der Waals surface area contributed by atoms with Gasteiger partial charge in [0.1, 0.15) is 6.10 Å². The van der Waals surface area contributed by atoms with Crippen molar-refractivity contribution in [3.05, 3.63) is 0 Å². The minimum atomic E-state index is -0.338. The molecule has 6 heteroatoms. The molecule has 6 nitrogen and oxygen atoms in total. The van der Waals surface area contributed by atoms with Crippen LogP contribution >= 0.6 is 0 Å². The SMILES string of the molecule is C.C.C.C.C.C.CC(CO)OCC(COC(C)CO)OC(C)CO. The molecule has 0 radical (unpaired) electrons. The maximum Gasteiger partial charge on any atom is 0.105 e. The predicted molar refractivity (Wildman–Crippen MR) is 107 cm³/mol. The van der Waals surface area contributed by atoms with E-state index >= 15 is 0 Å². The third-order valence-corrected chi connectivity index (χ3v) is 2.33. The summed E-state index contributed by atoms with van der Waals surface area (Å²) in [6, 6.07) is 0. The molecule has 0 bridgehead atoms. The summed E-state index contributed by atoms with van der Waals surface area (Å²) in [7, 11) is 0. The lowest BCUT2D eigenvalue weighted by atomic mass is 10.3. The quantitative estimate of drug-likeness (QED) is 0.522. The third-order valence-electron chi connectivity index (χ3n) is 2.33. The summed E-state index contributed by atoms with van der Waals surface area (Å²) in [5.74, 6) is 0. The van der Waals surface area contributed by atoms with Crippen LogP contribution in [0.3, 0.4) is 0 Å². The molecule has 0 aromatic carbocycles. The van der Waals surface area contributed by atoms with Gasteiger partial charge >= 0.3 is 0 Å². The van der Waals surface area contributed by atoms with Crippen LogP contribution in [-0.4, -0.2) is 72.8 Å². The highest BCUT2D eigenvalue weighted by Crippen LogP contribution is 2.04. The molecule has 0 saturated heterocycles. The maximum absolute atomic E-state index is 8.94. The van der Waals surface area contributed by atoms with Crippen LogP contribution in [0.25, 0.3) is 0 Å². The van der Waals surface area contributed by atoms with E-state index in [4.69, 9.17) is 29.5 Å². The van der Waals surface area contributed by atoms with E-state index in [1.54, 1.807) is 20.8 Å². The number of aliphatic hydroxyl groups is 3. The summed E-state index contributed by atoms with van der Waals surface area (Å²) < 4.78 is 16.3. The molecule has 0 spiro atoms. The minimum Gasteiger partial charge on any atom is -0.394 e. The van der Waals surface area contributed by atoms with Gasteiger partial charge in [-0.3, -0.25) is 0 Å². The normalized spacial score (nSPS) is 13.8. The monoisotopic (exact) mass is 362 g/mol. The fourth-order valence-electron chi connectivity index (χ4n) is 1.15. The van der Waals surface area contributed by atoms with Gasteiger partial charge in [-0.25, -0.2) is 0 Å². The van der Waals surface area contributed by atoms with Crippen molar-refractivity contribution >= 4 is 0 Å². The van der Waals surface area contributed by atoms with Crippen molar-refractivity contribution in [1.29, 1.82) is 0 Å². The van der Waals surface area contributed by atoms with Gasteiger partial charge in [-0.05, 0) is 20.8 Å². The first-order chi connectivity index (χ1) is 8.53. The lowest BCUT2D eigenvalue weighted by molar-refractivity contribution is -0.123. The number of hydrogen-bond donors (Lipinski definition) is 3. The minimum absolute atomic E-state index is 0. The lowest BCUT2D eigenvalue weighted by Gasteiger charge is -2.24. The average Bonchev–Trinajstić information content (AvgIpc) is 2.40. The first-order valence-electron chi connectivity index (χ1n) is 6.24. The number of hydrogen-bond acceptors (Lipinski definition) is 6. The second-order valence-electron chi connectivity index (χ2n) is 4.40. The van der Waals surface area contributed by atoms with E-state index < -0.39 is 0 Å². The van der Waals surface area contributed by atoms with E-state index in [2.05, 4.69) is 0 Å². The summed E-state index contributed by atoms with van der Waals surface area (Å²) in [5, 5.41) is 26.7. The van der Waals surface area contributed by atoms with E-state index in [0.29, 0.717) is 0 Å². The zero-order valence-corrected chi connectivity index (χ0v) is 11.4. The Labute approximate surface area is 153 Å². The van der Waals surface area contributed by atoms with Crippen LogP contribution in [0.1, 0.15) is 65.3 Å². The number of aliphatic hydroxyl groups excluding tert-OH is 3. The Hall–Kier alpha value is -0.240. The topological polar surface area (TPSA) is 88.4 Å². The summed E-state index contributed by atoms with van der Waals surface area (Å²) in [6.07, 6.45) is -1.18. The average molecular weight is 363 g/mol. The highest BCUT2D eigenvalue weighted by molar-refractivity contribution is 4.62. The van der Waals surface area contributed by atoms with Gasteiger partial charge in [0.15, 0.2) is 0 Å². The Balaban J connectivity index is -0.0000000963. The molecule has 0 rings (SSSR count). The molecule has 0 saturated carbocycles. The van der Waals surface area contributed by atoms with Gasteiger partial charge in [-0.1, -0.05) is 44.6 Å². The number of rotatable bonds is 11.